The summed E-state index contributed by atoms with van der Waals surface area (Å²) in [6.07, 6.45) is 3.01. The summed E-state index contributed by atoms with van der Waals surface area (Å²) in [7, 11) is 1.89. The molecule has 2 aromatic rings. The molecule has 0 aromatic carbocycles. The first-order valence-electron chi connectivity index (χ1n) is 8.12. The van der Waals surface area contributed by atoms with Crippen molar-refractivity contribution >= 4 is 29.7 Å². The van der Waals surface area contributed by atoms with Gasteiger partial charge in [-0.15, -0.1) is 23.7 Å². The second kappa shape index (κ2) is 9.28. The van der Waals surface area contributed by atoms with Gasteiger partial charge < -0.3 is 9.63 Å². The minimum Gasteiger partial charge on any atom is -0.480 e. The minimum atomic E-state index is -0.773. The van der Waals surface area contributed by atoms with Crippen LogP contribution in [0.1, 0.15) is 25.2 Å². The number of hydrogen-bond acceptors (Lipinski definition) is 7. The van der Waals surface area contributed by atoms with Crippen LogP contribution in [0.3, 0.4) is 0 Å². The molecule has 1 unspecified atom stereocenters. The smallest absolute Gasteiger partial charge is 0.317 e. The number of hydrogen-bond donors (Lipinski definition) is 1. The Morgan fingerprint density at radius 3 is 3.04 bits per heavy atom. The molecule has 9 heteroatoms. The van der Waals surface area contributed by atoms with Crippen LogP contribution >= 0.6 is 23.7 Å². The largest absolute Gasteiger partial charge is 0.480 e. The summed E-state index contributed by atoms with van der Waals surface area (Å²) in [4.78, 5) is 20.6. The van der Waals surface area contributed by atoms with E-state index in [1.165, 1.54) is 0 Å². The summed E-state index contributed by atoms with van der Waals surface area (Å²) >= 11 is 1.59. The minimum absolute atomic E-state index is 0. The highest BCUT2D eigenvalue weighted by Gasteiger charge is 2.23. The molecule has 3 rings (SSSR count). The van der Waals surface area contributed by atoms with E-state index < -0.39 is 5.97 Å². The predicted molar refractivity (Wildman–Crippen MR) is 98.0 cm³/mol. The van der Waals surface area contributed by atoms with E-state index in [2.05, 4.69) is 15.0 Å². The molecule has 1 fully saturated rings. The standard InChI is InChI=1S/C16H22N4O3S.ClH/c1-19(11-15(21)22)12-4-2-7-20(8-6-12)10-14-17-16(18-23-14)13-5-3-9-24-13;/h3,5,9,12H,2,4,6-8,10-11H2,1H3,(H,21,22);1H. The van der Waals surface area contributed by atoms with Gasteiger partial charge in [-0.2, -0.15) is 4.98 Å². The molecule has 0 bridgehead atoms. The summed E-state index contributed by atoms with van der Waals surface area (Å²) < 4.78 is 5.37. The number of aromatic nitrogens is 2. The number of carbonyl (C=O) groups is 1. The number of likely N-dealkylation sites (tertiary alicyclic amines) is 1. The highest BCUT2D eigenvalue weighted by atomic mass is 35.5. The maximum absolute atomic E-state index is 10.9. The first-order valence-corrected chi connectivity index (χ1v) is 9.00. The van der Waals surface area contributed by atoms with Crippen LogP contribution in [-0.2, 0) is 11.3 Å². The molecule has 0 radical (unpaired) electrons. The molecule has 0 amide bonds. The average molecular weight is 387 g/mol. The van der Waals surface area contributed by atoms with E-state index in [0.717, 1.165) is 37.2 Å². The van der Waals surface area contributed by atoms with Gasteiger partial charge in [-0.1, -0.05) is 11.2 Å². The van der Waals surface area contributed by atoms with Crippen LogP contribution in [0.15, 0.2) is 22.0 Å². The normalized spacial score (nSPS) is 18.7. The van der Waals surface area contributed by atoms with E-state index >= 15 is 0 Å². The van der Waals surface area contributed by atoms with Crippen molar-refractivity contribution in [3.05, 3.63) is 23.4 Å². The van der Waals surface area contributed by atoms with Crippen LogP contribution < -0.4 is 0 Å². The van der Waals surface area contributed by atoms with E-state index in [4.69, 9.17) is 9.63 Å². The van der Waals surface area contributed by atoms with Crippen LogP contribution in [0, 0.1) is 0 Å². The lowest BCUT2D eigenvalue weighted by molar-refractivity contribution is -0.138. The van der Waals surface area contributed by atoms with Gasteiger partial charge in [0.05, 0.1) is 18.0 Å². The fourth-order valence-electron chi connectivity index (χ4n) is 3.10. The SMILES string of the molecule is CN(CC(=O)O)C1CCCN(Cc2nc(-c3cccs3)no2)CC1.Cl. The zero-order valence-corrected chi connectivity index (χ0v) is 15.8. The number of rotatable bonds is 6. The summed E-state index contributed by atoms with van der Waals surface area (Å²) in [6.45, 7) is 2.62. The second-order valence-electron chi connectivity index (χ2n) is 6.16. The number of carboxylic acids is 1. The third kappa shape index (κ3) is 5.50. The van der Waals surface area contributed by atoms with Crippen LogP contribution in [0.5, 0.6) is 0 Å². The van der Waals surface area contributed by atoms with Gasteiger partial charge in [0.2, 0.25) is 11.7 Å². The maximum Gasteiger partial charge on any atom is 0.317 e. The van der Waals surface area contributed by atoms with Gasteiger partial charge in [0.15, 0.2) is 0 Å². The fraction of sp³-hybridized carbons (Fsp3) is 0.562. The molecule has 2 aromatic heterocycles. The number of nitrogens with zero attached hydrogens (tertiary/aromatic N) is 4. The molecule has 1 atom stereocenters. The number of halogens is 1. The highest BCUT2D eigenvalue weighted by molar-refractivity contribution is 7.13. The Hall–Kier alpha value is -1.48. The fourth-order valence-corrected chi connectivity index (χ4v) is 3.75. The molecule has 0 aliphatic carbocycles. The van der Waals surface area contributed by atoms with Gasteiger partial charge in [0, 0.05) is 12.6 Å². The second-order valence-corrected chi connectivity index (χ2v) is 7.11. The van der Waals surface area contributed by atoms with E-state index in [1.807, 2.05) is 29.5 Å². The third-order valence-corrected chi connectivity index (χ3v) is 5.23. The van der Waals surface area contributed by atoms with Crippen molar-refractivity contribution in [2.24, 2.45) is 0 Å². The molecule has 25 heavy (non-hydrogen) atoms. The molecule has 0 saturated carbocycles. The van der Waals surface area contributed by atoms with Gasteiger partial charge >= 0.3 is 5.97 Å². The van der Waals surface area contributed by atoms with E-state index in [-0.39, 0.29) is 19.0 Å². The average Bonchev–Trinajstić information content (AvgIpc) is 3.15. The number of thiophene rings is 1. The predicted octanol–water partition coefficient (Wildman–Crippen LogP) is 2.59. The zero-order chi connectivity index (χ0) is 16.9. The van der Waals surface area contributed by atoms with Crippen LogP contribution in [-0.4, -0.2) is 63.7 Å². The Bertz CT molecular complexity index is 664. The van der Waals surface area contributed by atoms with Gasteiger partial charge in [-0.25, -0.2) is 0 Å². The molecular formula is C16H23ClN4O3S. The molecule has 138 valence electrons. The summed E-state index contributed by atoms with van der Waals surface area (Å²) in [5.74, 6) is 0.509. The third-order valence-electron chi connectivity index (χ3n) is 4.37. The first kappa shape index (κ1) is 19.8. The van der Waals surface area contributed by atoms with Crippen molar-refractivity contribution in [1.29, 1.82) is 0 Å². The van der Waals surface area contributed by atoms with E-state index in [9.17, 15) is 4.79 Å². The van der Waals surface area contributed by atoms with Crippen molar-refractivity contribution in [2.45, 2.75) is 31.8 Å². The van der Waals surface area contributed by atoms with Gasteiger partial charge in [0.25, 0.3) is 0 Å². The molecule has 1 aliphatic rings. The Labute approximate surface area is 157 Å². The highest BCUT2D eigenvalue weighted by Crippen LogP contribution is 2.22. The summed E-state index contributed by atoms with van der Waals surface area (Å²) in [6, 6.07) is 4.27. The molecule has 7 nitrogen and oxygen atoms in total. The molecule has 1 aliphatic heterocycles. The Balaban J connectivity index is 0.00000225. The van der Waals surface area contributed by atoms with E-state index in [1.54, 1.807) is 11.3 Å². The van der Waals surface area contributed by atoms with Crippen molar-refractivity contribution in [1.82, 2.24) is 19.9 Å². The maximum atomic E-state index is 10.9. The molecule has 1 saturated heterocycles. The zero-order valence-electron chi connectivity index (χ0n) is 14.1. The molecular weight excluding hydrogens is 364 g/mol. The molecule has 0 spiro atoms. The number of carboxylic acid groups (broad SMARTS) is 1. The quantitative estimate of drug-likeness (QED) is 0.816. The molecule has 1 N–H and O–H groups in total. The van der Waals surface area contributed by atoms with Crippen molar-refractivity contribution in [2.75, 3.05) is 26.7 Å². The van der Waals surface area contributed by atoms with Crippen molar-refractivity contribution < 1.29 is 14.4 Å². The Morgan fingerprint density at radius 1 is 1.48 bits per heavy atom. The monoisotopic (exact) mass is 386 g/mol. The number of aliphatic carboxylic acids is 1. The van der Waals surface area contributed by atoms with Crippen LogP contribution in [0.25, 0.3) is 10.7 Å². The Morgan fingerprint density at radius 2 is 2.32 bits per heavy atom. The lowest BCUT2D eigenvalue weighted by atomic mass is 10.1. The van der Waals surface area contributed by atoms with Crippen LogP contribution in [0.2, 0.25) is 0 Å². The van der Waals surface area contributed by atoms with Crippen molar-refractivity contribution in [3.63, 3.8) is 0 Å². The van der Waals surface area contributed by atoms with Crippen LogP contribution in [0.4, 0.5) is 0 Å². The summed E-state index contributed by atoms with van der Waals surface area (Å²) in [5, 5.41) is 15.0. The van der Waals surface area contributed by atoms with Crippen molar-refractivity contribution in [3.8, 4) is 10.7 Å². The first-order chi connectivity index (χ1) is 11.6. The van der Waals surface area contributed by atoms with Gasteiger partial charge in [-0.05, 0) is 44.3 Å². The lowest BCUT2D eigenvalue weighted by Gasteiger charge is -2.25. The number of likely N-dealkylation sites (N-methyl/N-ethyl adjacent to an activating group) is 1. The topological polar surface area (TPSA) is 82.7 Å². The van der Waals surface area contributed by atoms with Gasteiger partial charge in [-0.3, -0.25) is 14.6 Å². The Kier molecular flexibility index (Phi) is 7.37. The van der Waals surface area contributed by atoms with E-state index in [0.29, 0.717) is 24.3 Å². The molecule has 3 heterocycles. The lowest BCUT2D eigenvalue weighted by Crippen LogP contribution is -2.36. The summed E-state index contributed by atoms with van der Waals surface area (Å²) in [5.41, 5.74) is 0. The van der Waals surface area contributed by atoms with Gasteiger partial charge in [0.1, 0.15) is 0 Å².